The Balaban J connectivity index is 1.65. The van der Waals surface area contributed by atoms with Crippen molar-refractivity contribution in [3.8, 4) is 0 Å². The maximum atomic E-state index is 5.87. The molecule has 0 amide bonds. The molecule has 1 heterocycles. The van der Waals surface area contributed by atoms with Gasteiger partial charge in [-0.3, -0.25) is 0 Å². The number of nitrogens with two attached hydrogens (primary N) is 1. The van der Waals surface area contributed by atoms with Crippen molar-refractivity contribution in [3.05, 3.63) is 30.3 Å². The Morgan fingerprint density at radius 2 is 1.88 bits per heavy atom. The van der Waals surface area contributed by atoms with Gasteiger partial charge in [0.2, 0.25) is 0 Å². The van der Waals surface area contributed by atoms with Gasteiger partial charge in [0.25, 0.3) is 0 Å². The monoisotopic (exact) mass is 219 g/mol. The molecule has 0 spiro atoms. The van der Waals surface area contributed by atoms with Gasteiger partial charge in [0.05, 0.1) is 0 Å². The topological polar surface area (TPSA) is 41.3 Å². The first kappa shape index (κ1) is 11.4. The normalized spacial score (nSPS) is 18.6. The van der Waals surface area contributed by atoms with Crippen LogP contribution in [0.3, 0.4) is 0 Å². The third-order valence-corrected chi connectivity index (χ3v) is 3.16. The highest BCUT2D eigenvalue weighted by molar-refractivity contribution is 5.42. The van der Waals surface area contributed by atoms with Gasteiger partial charge in [-0.1, -0.05) is 18.2 Å². The molecule has 0 radical (unpaired) electrons. The lowest BCUT2D eigenvalue weighted by Crippen LogP contribution is -2.41. The summed E-state index contributed by atoms with van der Waals surface area (Å²) in [5, 5.41) is 3.43. The molecular formula is C13H21N3. The Morgan fingerprint density at radius 1 is 1.19 bits per heavy atom. The van der Waals surface area contributed by atoms with E-state index in [0.717, 1.165) is 39.0 Å². The van der Waals surface area contributed by atoms with E-state index in [1.54, 1.807) is 0 Å². The van der Waals surface area contributed by atoms with Crippen LogP contribution in [-0.4, -0.2) is 37.1 Å². The predicted octanol–water partition coefficient (Wildman–Crippen LogP) is 1.52. The van der Waals surface area contributed by atoms with E-state index in [-0.39, 0.29) is 0 Å². The molecule has 16 heavy (non-hydrogen) atoms. The van der Waals surface area contributed by atoms with Gasteiger partial charge in [0, 0.05) is 24.8 Å². The van der Waals surface area contributed by atoms with Crippen LogP contribution in [0.5, 0.6) is 0 Å². The van der Waals surface area contributed by atoms with E-state index < -0.39 is 0 Å². The van der Waals surface area contributed by atoms with Crippen LogP contribution in [0.1, 0.15) is 12.8 Å². The Hall–Kier alpha value is -1.06. The molecule has 3 N–H and O–H groups in total. The van der Waals surface area contributed by atoms with Crippen molar-refractivity contribution >= 4 is 5.69 Å². The second-order valence-corrected chi connectivity index (χ2v) is 4.47. The molecule has 0 saturated carbocycles. The molecule has 0 bridgehead atoms. The van der Waals surface area contributed by atoms with E-state index >= 15 is 0 Å². The molecule has 3 nitrogen and oxygen atoms in total. The number of benzene rings is 1. The van der Waals surface area contributed by atoms with Gasteiger partial charge in [-0.15, -0.1) is 0 Å². The van der Waals surface area contributed by atoms with Crippen molar-refractivity contribution in [2.45, 2.75) is 18.9 Å². The number of para-hydroxylation sites is 1. The minimum Gasteiger partial charge on any atom is -0.384 e. The van der Waals surface area contributed by atoms with Crippen molar-refractivity contribution in [1.29, 1.82) is 0 Å². The minimum atomic E-state index is 0.429. The average Bonchev–Trinajstić information content (AvgIpc) is 2.33. The highest BCUT2D eigenvalue weighted by Crippen LogP contribution is 2.08. The number of rotatable bonds is 4. The molecule has 1 aliphatic rings. The third-order valence-electron chi connectivity index (χ3n) is 3.16. The van der Waals surface area contributed by atoms with Crippen LogP contribution in [0, 0.1) is 0 Å². The van der Waals surface area contributed by atoms with Crippen LogP contribution in [0.2, 0.25) is 0 Å². The van der Waals surface area contributed by atoms with E-state index in [1.807, 2.05) is 6.07 Å². The summed E-state index contributed by atoms with van der Waals surface area (Å²) in [5.41, 5.74) is 7.08. The predicted molar refractivity (Wildman–Crippen MR) is 68.6 cm³/mol. The summed E-state index contributed by atoms with van der Waals surface area (Å²) in [6, 6.07) is 10.8. The number of nitrogens with zero attached hydrogens (tertiary/aromatic N) is 1. The molecule has 0 unspecified atom stereocenters. The molecular weight excluding hydrogens is 198 g/mol. The summed E-state index contributed by atoms with van der Waals surface area (Å²) < 4.78 is 0. The molecule has 1 saturated heterocycles. The maximum absolute atomic E-state index is 5.87. The molecule has 1 aromatic rings. The van der Waals surface area contributed by atoms with Crippen LogP contribution in [0.25, 0.3) is 0 Å². The number of piperidine rings is 1. The van der Waals surface area contributed by atoms with Crippen molar-refractivity contribution in [1.82, 2.24) is 4.90 Å². The Kier molecular flexibility index (Phi) is 4.19. The fourth-order valence-corrected chi connectivity index (χ4v) is 2.09. The average molecular weight is 219 g/mol. The molecule has 0 aromatic heterocycles. The number of anilines is 1. The minimum absolute atomic E-state index is 0.429. The van der Waals surface area contributed by atoms with Crippen LogP contribution in [-0.2, 0) is 0 Å². The summed E-state index contributed by atoms with van der Waals surface area (Å²) in [6.07, 6.45) is 2.29. The molecule has 1 fully saturated rings. The fourth-order valence-electron chi connectivity index (χ4n) is 2.09. The number of hydrogen-bond donors (Lipinski definition) is 2. The summed E-state index contributed by atoms with van der Waals surface area (Å²) in [5.74, 6) is 0. The largest absolute Gasteiger partial charge is 0.384 e. The Morgan fingerprint density at radius 3 is 2.56 bits per heavy atom. The van der Waals surface area contributed by atoms with Crippen molar-refractivity contribution in [2.24, 2.45) is 5.73 Å². The van der Waals surface area contributed by atoms with Crippen LogP contribution in [0.4, 0.5) is 5.69 Å². The summed E-state index contributed by atoms with van der Waals surface area (Å²) >= 11 is 0. The molecule has 1 aliphatic heterocycles. The number of likely N-dealkylation sites (tertiary alicyclic amines) is 1. The first-order valence-corrected chi connectivity index (χ1v) is 6.11. The van der Waals surface area contributed by atoms with Gasteiger partial charge in [-0.05, 0) is 38.1 Å². The lowest BCUT2D eigenvalue weighted by molar-refractivity contribution is 0.220. The van der Waals surface area contributed by atoms with E-state index in [0.29, 0.717) is 6.04 Å². The SMILES string of the molecule is NC1CCN(CCNc2ccccc2)CC1. The molecule has 2 rings (SSSR count). The number of nitrogens with one attached hydrogen (secondary N) is 1. The van der Waals surface area contributed by atoms with Crippen LogP contribution in [0.15, 0.2) is 30.3 Å². The van der Waals surface area contributed by atoms with Gasteiger partial charge in [-0.25, -0.2) is 0 Å². The lowest BCUT2D eigenvalue weighted by atomic mass is 10.1. The Labute approximate surface area is 97.6 Å². The molecule has 0 atom stereocenters. The molecule has 88 valence electrons. The quantitative estimate of drug-likeness (QED) is 0.807. The number of hydrogen-bond acceptors (Lipinski definition) is 3. The van der Waals surface area contributed by atoms with Gasteiger partial charge < -0.3 is 16.0 Å². The zero-order chi connectivity index (χ0) is 11.2. The zero-order valence-corrected chi connectivity index (χ0v) is 9.73. The van der Waals surface area contributed by atoms with E-state index in [9.17, 15) is 0 Å². The zero-order valence-electron chi connectivity index (χ0n) is 9.73. The summed E-state index contributed by atoms with van der Waals surface area (Å²) in [4.78, 5) is 2.49. The van der Waals surface area contributed by atoms with Gasteiger partial charge >= 0.3 is 0 Å². The molecule has 0 aliphatic carbocycles. The summed E-state index contributed by atoms with van der Waals surface area (Å²) in [7, 11) is 0. The van der Waals surface area contributed by atoms with Crippen LogP contribution >= 0.6 is 0 Å². The van der Waals surface area contributed by atoms with Crippen molar-refractivity contribution in [2.75, 3.05) is 31.5 Å². The van der Waals surface area contributed by atoms with E-state index in [1.165, 1.54) is 5.69 Å². The van der Waals surface area contributed by atoms with Gasteiger partial charge in [-0.2, -0.15) is 0 Å². The summed E-state index contributed by atoms with van der Waals surface area (Å²) in [6.45, 7) is 4.43. The van der Waals surface area contributed by atoms with Gasteiger partial charge in [0.15, 0.2) is 0 Å². The Bertz CT molecular complexity index is 291. The highest BCUT2D eigenvalue weighted by Gasteiger charge is 2.14. The van der Waals surface area contributed by atoms with Gasteiger partial charge in [0.1, 0.15) is 0 Å². The third kappa shape index (κ3) is 3.51. The second-order valence-electron chi connectivity index (χ2n) is 4.47. The fraction of sp³-hybridized carbons (Fsp3) is 0.538. The first-order valence-electron chi connectivity index (χ1n) is 6.11. The maximum Gasteiger partial charge on any atom is 0.0340 e. The standard InChI is InChI=1S/C13H21N3/c14-12-6-9-16(10-7-12)11-8-15-13-4-2-1-3-5-13/h1-5,12,15H,6-11,14H2. The highest BCUT2D eigenvalue weighted by atomic mass is 15.1. The smallest absolute Gasteiger partial charge is 0.0340 e. The van der Waals surface area contributed by atoms with Crippen molar-refractivity contribution < 1.29 is 0 Å². The second kappa shape index (κ2) is 5.87. The van der Waals surface area contributed by atoms with E-state index in [4.69, 9.17) is 5.73 Å². The van der Waals surface area contributed by atoms with E-state index in [2.05, 4.69) is 34.5 Å². The first-order chi connectivity index (χ1) is 7.84. The van der Waals surface area contributed by atoms with Crippen molar-refractivity contribution in [3.63, 3.8) is 0 Å². The molecule has 1 aromatic carbocycles. The van der Waals surface area contributed by atoms with Crippen LogP contribution < -0.4 is 11.1 Å². The lowest BCUT2D eigenvalue weighted by Gasteiger charge is -2.30. The molecule has 3 heteroatoms.